The molecule has 1 saturated heterocycles. The molecule has 1 aliphatic heterocycles. The molecule has 0 radical (unpaired) electrons. The number of aryl methyl sites for hydroxylation is 2. The number of likely N-dealkylation sites (tertiary alicyclic amines) is 1. The number of piperidine rings is 1. The maximum absolute atomic E-state index is 11.5. The van der Waals surface area contributed by atoms with E-state index in [1.807, 2.05) is 19.9 Å². The average Bonchev–Trinajstić information content (AvgIpc) is 3.13. The zero-order valence-electron chi connectivity index (χ0n) is 16.6. The molecule has 0 bridgehead atoms. The van der Waals surface area contributed by atoms with Crippen LogP contribution in [0.15, 0.2) is 11.1 Å². The zero-order chi connectivity index (χ0) is 20.1. The largest absolute Gasteiger partial charge is 0.369 e. The van der Waals surface area contributed by atoms with E-state index in [0.717, 1.165) is 24.2 Å². The molecule has 1 aromatic heterocycles. The summed E-state index contributed by atoms with van der Waals surface area (Å²) in [5.74, 6) is 0.793. The van der Waals surface area contributed by atoms with Gasteiger partial charge in [0.05, 0.1) is 0 Å². The van der Waals surface area contributed by atoms with Crippen molar-refractivity contribution in [3.63, 3.8) is 0 Å². The molecule has 0 atom stereocenters. The Kier molecular flexibility index (Phi) is 6.77. The minimum atomic E-state index is -0.234. The van der Waals surface area contributed by atoms with Gasteiger partial charge in [0.2, 0.25) is 17.8 Å². The van der Waals surface area contributed by atoms with Crippen LogP contribution < -0.4 is 16.4 Å². The van der Waals surface area contributed by atoms with E-state index in [9.17, 15) is 4.79 Å². The van der Waals surface area contributed by atoms with Gasteiger partial charge in [0.1, 0.15) is 0 Å². The monoisotopic (exact) mass is 403 g/mol. The Hall–Kier alpha value is -2.29. The van der Waals surface area contributed by atoms with Gasteiger partial charge in [0.15, 0.2) is 5.11 Å². The molecule has 1 amide bonds. The summed E-state index contributed by atoms with van der Waals surface area (Å²) in [5.41, 5.74) is 7.23. The van der Waals surface area contributed by atoms with E-state index in [-0.39, 0.29) is 11.8 Å². The highest BCUT2D eigenvalue weighted by Gasteiger charge is 2.26. The van der Waals surface area contributed by atoms with Gasteiger partial charge in [0.25, 0.3) is 0 Å². The molecule has 1 aromatic rings. The zero-order valence-corrected chi connectivity index (χ0v) is 17.4. The number of hydrogen-bond donors (Lipinski definition) is 3. The summed E-state index contributed by atoms with van der Waals surface area (Å²) in [6.45, 7) is 5.22. The molecule has 0 unspecified atom stereocenters. The summed E-state index contributed by atoms with van der Waals surface area (Å²) >= 11 is 5.49. The summed E-state index contributed by atoms with van der Waals surface area (Å²) in [7, 11) is 0. The van der Waals surface area contributed by atoms with E-state index in [1.54, 1.807) is 0 Å². The SMILES string of the molecule is Cc1cc(C)nc(N/C(=N/C(=S)NC2CCCC2)N2CCC(C(N)=O)CC2)n1. The number of nitrogens with zero attached hydrogens (tertiary/aromatic N) is 4. The minimum Gasteiger partial charge on any atom is -0.369 e. The Bertz CT molecular complexity index is 732. The Morgan fingerprint density at radius 1 is 1.18 bits per heavy atom. The fourth-order valence-corrected chi connectivity index (χ4v) is 4.06. The summed E-state index contributed by atoms with van der Waals surface area (Å²) in [6.07, 6.45) is 6.11. The average molecular weight is 404 g/mol. The summed E-state index contributed by atoms with van der Waals surface area (Å²) in [6, 6.07) is 2.32. The van der Waals surface area contributed by atoms with Crippen molar-refractivity contribution in [1.29, 1.82) is 0 Å². The van der Waals surface area contributed by atoms with Crippen molar-refractivity contribution in [1.82, 2.24) is 20.2 Å². The first-order valence-corrected chi connectivity index (χ1v) is 10.3. The number of amides is 1. The molecule has 152 valence electrons. The van der Waals surface area contributed by atoms with Crippen LogP contribution in [0.1, 0.15) is 49.9 Å². The van der Waals surface area contributed by atoms with E-state index in [0.29, 0.717) is 49.0 Å². The van der Waals surface area contributed by atoms with Crippen molar-refractivity contribution >= 4 is 35.1 Å². The topological polar surface area (TPSA) is 109 Å². The van der Waals surface area contributed by atoms with E-state index in [2.05, 4.69) is 30.5 Å². The number of aliphatic imine (C=N–C) groups is 1. The quantitative estimate of drug-likeness (QED) is 0.402. The highest BCUT2D eigenvalue weighted by atomic mass is 32.1. The molecule has 2 heterocycles. The molecule has 1 aliphatic carbocycles. The highest BCUT2D eigenvalue weighted by Crippen LogP contribution is 2.19. The number of primary amides is 1. The molecule has 2 fully saturated rings. The fraction of sp³-hybridized carbons (Fsp3) is 0.632. The summed E-state index contributed by atoms with van der Waals surface area (Å²) < 4.78 is 0. The Morgan fingerprint density at radius 2 is 1.79 bits per heavy atom. The number of carbonyl (C=O) groups excluding carboxylic acids is 1. The van der Waals surface area contributed by atoms with Gasteiger partial charge >= 0.3 is 0 Å². The number of guanidine groups is 1. The van der Waals surface area contributed by atoms with Crippen LogP contribution in [0.3, 0.4) is 0 Å². The van der Waals surface area contributed by atoms with Crippen LogP contribution in [0, 0.1) is 19.8 Å². The Labute approximate surface area is 171 Å². The lowest BCUT2D eigenvalue weighted by Gasteiger charge is -2.33. The lowest BCUT2D eigenvalue weighted by Crippen LogP contribution is -2.45. The van der Waals surface area contributed by atoms with Crippen molar-refractivity contribution in [2.45, 2.75) is 58.4 Å². The van der Waals surface area contributed by atoms with Gasteiger partial charge in [-0.25, -0.2) is 9.97 Å². The smallest absolute Gasteiger partial charge is 0.229 e. The van der Waals surface area contributed by atoms with Gasteiger partial charge < -0.3 is 16.0 Å². The van der Waals surface area contributed by atoms with Crippen LogP contribution in [0.4, 0.5) is 5.95 Å². The minimum absolute atomic E-state index is 0.0847. The van der Waals surface area contributed by atoms with Crippen molar-refractivity contribution in [2.24, 2.45) is 16.6 Å². The van der Waals surface area contributed by atoms with Gasteiger partial charge in [-0.15, -0.1) is 0 Å². The number of nitrogens with one attached hydrogen (secondary N) is 2. The maximum atomic E-state index is 11.5. The molecular formula is C19H29N7OS. The Balaban J connectivity index is 1.75. The number of nitrogens with two attached hydrogens (primary N) is 1. The highest BCUT2D eigenvalue weighted by molar-refractivity contribution is 7.80. The van der Waals surface area contributed by atoms with Crippen LogP contribution in [0.5, 0.6) is 0 Å². The third-order valence-electron chi connectivity index (χ3n) is 5.29. The van der Waals surface area contributed by atoms with Gasteiger partial charge in [-0.05, 0) is 57.8 Å². The van der Waals surface area contributed by atoms with Crippen molar-refractivity contribution in [3.8, 4) is 0 Å². The second-order valence-corrected chi connectivity index (χ2v) is 8.02. The van der Waals surface area contributed by atoms with Crippen LogP contribution in [0.25, 0.3) is 0 Å². The number of rotatable bonds is 3. The lowest BCUT2D eigenvalue weighted by molar-refractivity contribution is -0.122. The number of anilines is 1. The predicted molar refractivity (Wildman–Crippen MR) is 114 cm³/mol. The van der Waals surface area contributed by atoms with E-state index >= 15 is 0 Å². The first kappa shape index (κ1) is 20.4. The number of aromatic nitrogens is 2. The second kappa shape index (κ2) is 9.27. The van der Waals surface area contributed by atoms with Gasteiger partial charge in [-0.2, -0.15) is 4.99 Å². The molecule has 9 heteroatoms. The second-order valence-electron chi connectivity index (χ2n) is 7.63. The molecule has 2 aliphatic rings. The first-order chi connectivity index (χ1) is 13.4. The van der Waals surface area contributed by atoms with Crippen molar-refractivity contribution in [3.05, 3.63) is 17.5 Å². The fourth-order valence-electron chi connectivity index (χ4n) is 3.81. The van der Waals surface area contributed by atoms with Crippen molar-refractivity contribution < 1.29 is 4.79 Å². The summed E-state index contributed by atoms with van der Waals surface area (Å²) in [4.78, 5) is 27.1. The molecule has 4 N–H and O–H groups in total. The molecule has 0 aromatic carbocycles. The molecular weight excluding hydrogens is 374 g/mol. The molecule has 0 spiro atoms. The Morgan fingerprint density at radius 3 is 2.36 bits per heavy atom. The van der Waals surface area contributed by atoms with Crippen LogP contribution in [0.2, 0.25) is 0 Å². The standard InChI is InChI=1S/C19H29N7OS/c1-12-11-13(2)22-17(21-12)24-18(25-19(28)23-15-5-3-4-6-15)26-9-7-14(8-10-26)16(20)27/h11,14-15H,3-10H2,1-2H3,(H2,20,27)(H2,21,22,23,24,25,28). The first-order valence-electron chi connectivity index (χ1n) is 9.93. The van der Waals surface area contributed by atoms with Crippen molar-refractivity contribution in [2.75, 3.05) is 18.4 Å². The van der Waals surface area contributed by atoms with Gasteiger partial charge in [-0.1, -0.05) is 12.8 Å². The normalized spacial score (nSPS) is 18.9. The summed E-state index contributed by atoms with van der Waals surface area (Å²) in [5, 5.41) is 7.05. The number of thiocarbonyl (C=S) groups is 1. The molecule has 1 saturated carbocycles. The van der Waals surface area contributed by atoms with E-state index < -0.39 is 0 Å². The molecule has 28 heavy (non-hydrogen) atoms. The third kappa shape index (κ3) is 5.60. The number of carbonyl (C=O) groups is 1. The third-order valence-corrected chi connectivity index (χ3v) is 5.50. The van der Waals surface area contributed by atoms with Crippen LogP contribution in [-0.4, -0.2) is 51.0 Å². The van der Waals surface area contributed by atoms with Gasteiger partial charge in [0, 0.05) is 36.4 Å². The van der Waals surface area contributed by atoms with Crippen LogP contribution >= 0.6 is 12.2 Å². The lowest BCUT2D eigenvalue weighted by atomic mass is 9.96. The molecule has 3 rings (SSSR count). The number of hydrogen-bond acceptors (Lipinski definition) is 4. The molecule has 8 nitrogen and oxygen atoms in total. The van der Waals surface area contributed by atoms with E-state index in [1.165, 1.54) is 12.8 Å². The maximum Gasteiger partial charge on any atom is 0.229 e. The van der Waals surface area contributed by atoms with Crippen LogP contribution in [-0.2, 0) is 4.79 Å². The van der Waals surface area contributed by atoms with E-state index in [4.69, 9.17) is 18.0 Å². The predicted octanol–water partition coefficient (Wildman–Crippen LogP) is 1.88. The van der Waals surface area contributed by atoms with Gasteiger partial charge in [-0.3, -0.25) is 10.1 Å².